The highest BCUT2D eigenvalue weighted by Crippen LogP contribution is 2.15. The number of fused-ring (bicyclic) bond motifs is 1. The largest absolute Gasteiger partial charge is 0.478 e. The predicted octanol–water partition coefficient (Wildman–Crippen LogP) is 0.864. The van der Waals surface area contributed by atoms with Crippen molar-refractivity contribution in [3.8, 4) is 0 Å². The highest BCUT2D eigenvalue weighted by Gasteiger charge is 2.12. The van der Waals surface area contributed by atoms with E-state index in [1.165, 1.54) is 5.69 Å². The first kappa shape index (κ1) is 14.0. The fourth-order valence-corrected chi connectivity index (χ4v) is 1.67. The molecule has 1 unspecified atom stereocenters. The molecule has 0 saturated heterocycles. The smallest absolute Gasteiger partial charge is 0.328 e. The lowest BCUT2D eigenvalue weighted by Crippen LogP contribution is -2.30. The number of nitrogens with zero attached hydrogens (tertiary/aromatic N) is 1. The van der Waals surface area contributed by atoms with E-state index in [1.54, 1.807) is 0 Å². The maximum atomic E-state index is 9.55. The molecule has 6 nitrogen and oxygen atoms in total. The lowest BCUT2D eigenvalue weighted by atomic mass is 10.2. The molecule has 2 heterocycles. The van der Waals surface area contributed by atoms with Gasteiger partial charge >= 0.3 is 11.9 Å². The molecule has 0 bridgehead atoms. The first-order valence-electron chi connectivity index (χ1n) is 5.53. The van der Waals surface area contributed by atoms with Gasteiger partial charge in [-0.2, -0.15) is 0 Å². The van der Waals surface area contributed by atoms with Gasteiger partial charge in [-0.1, -0.05) is 0 Å². The maximum Gasteiger partial charge on any atom is 0.328 e. The SMILES string of the molecule is CC1NCCn2cccc21.O=C(O)C=CC(=O)O. The van der Waals surface area contributed by atoms with Crippen molar-refractivity contribution in [3.63, 3.8) is 0 Å². The summed E-state index contributed by atoms with van der Waals surface area (Å²) < 4.78 is 2.31. The van der Waals surface area contributed by atoms with Crippen LogP contribution in [0.2, 0.25) is 0 Å². The Morgan fingerprint density at radius 2 is 2.00 bits per heavy atom. The summed E-state index contributed by atoms with van der Waals surface area (Å²) in [5.41, 5.74) is 1.41. The van der Waals surface area contributed by atoms with Crippen molar-refractivity contribution >= 4 is 11.9 Å². The van der Waals surface area contributed by atoms with Gasteiger partial charge < -0.3 is 20.1 Å². The molecule has 2 rings (SSSR count). The van der Waals surface area contributed by atoms with Gasteiger partial charge in [-0.25, -0.2) is 9.59 Å². The van der Waals surface area contributed by atoms with E-state index in [-0.39, 0.29) is 0 Å². The summed E-state index contributed by atoms with van der Waals surface area (Å²) in [6, 6.07) is 4.82. The minimum Gasteiger partial charge on any atom is -0.478 e. The molecule has 98 valence electrons. The Hall–Kier alpha value is -2.08. The number of carboxylic acid groups (broad SMARTS) is 2. The van der Waals surface area contributed by atoms with Gasteiger partial charge in [0, 0.05) is 43.2 Å². The first-order chi connectivity index (χ1) is 8.50. The summed E-state index contributed by atoms with van der Waals surface area (Å²) in [5, 5.41) is 19.0. The third-order valence-corrected chi connectivity index (χ3v) is 2.48. The molecule has 1 aromatic rings. The van der Waals surface area contributed by atoms with Gasteiger partial charge in [-0.15, -0.1) is 0 Å². The molecule has 1 aromatic heterocycles. The quantitative estimate of drug-likeness (QED) is 0.679. The molecule has 0 amide bonds. The zero-order valence-electron chi connectivity index (χ0n) is 10.0. The number of aromatic nitrogens is 1. The van der Waals surface area contributed by atoms with Crippen LogP contribution < -0.4 is 5.32 Å². The van der Waals surface area contributed by atoms with Crippen molar-refractivity contribution in [2.24, 2.45) is 0 Å². The second-order valence-corrected chi connectivity index (χ2v) is 3.81. The van der Waals surface area contributed by atoms with E-state index in [2.05, 4.69) is 35.1 Å². The maximum absolute atomic E-state index is 9.55. The molecule has 0 saturated carbocycles. The van der Waals surface area contributed by atoms with Crippen LogP contribution in [-0.4, -0.2) is 33.3 Å². The summed E-state index contributed by atoms with van der Waals surface area (Å²) >= 11 is 0. The number of hydrogen-bond acceptors (Lipinski definition) is 3. The molecule has 1 aliphatic heterocycles. The molecule has 18 heavy (non-hydrogen) atoms. The first-order valence-corrected chi connectivity index (χ1v) is 5.53. The molecular formula is C12H16N2O4. The van der Waals surface area contributed by atoms with Gasteiger partial charge in [0.2, 0.25) is 0 Å². The molecular weight excluding hydrogens is 236 g/mol. The van der Waals surface area contributed by atoms with Gasteiger partial charge in [-0.05, 0) is 19.1 Å². The van der Waals surface area contributed by atoms with Crippen LogP contribution in [0.15, 0.2) is 30.5 Å². The van der Waals surface area contributed by atoms with E-state index in [9.17, 15) is 9.59 Å². The lowest BCUT2D eigenvalue weighted by Gasteiger charge is -2.22. The van der Waals surface area contributed by atoms with E-state index in [0.29, 0.717) is 18.2 Å². The second kappa shape index (κ2) is 6.61. The third-order valence-electron chi connectivity index (χ3n) is 2.48. The summed E-state index contributed by atoms with van der Waals surface area (Å²) in [7, 11) is 0. The summed E-state index contributed by atoms with van der Waals surface area (Å²) in [6.45, 7) is 4.42. The normalized spacial score (nSPS) is 17.7. The predicted molar refractivity (Wildman–Crippen MR) is 65.3 cm³/mol. The Kier molecular flexibility index (Phi) is 5.13. The second-order valence-electron chi connectivity index (χ2n) is 3.81. The number of carboxylic acids is 2. The average Bonchev–Trinajstić information content (AvgIpc) is 2.77. The van der Waals surface area contributed by atoms with Crippen LogP contribution in [0.3, 0.4) is 0 Å². The highest BCUT2D eigenvalue weighted by molar-refractivity contribution is 5.89. The van der Waals surface area contributed by atoms with Crippen molar-refractivity contribution in [1.82, 2.24) is 9.88 Å². The van der Waals surface area contributed by atoms with Crippen LogP contribution >= 0.6 is 0 Å². The van der Waals surface area contributed by atoms with Crippen LogP contribution in [-0.2, 0) is 16.1 Å². The fraction of sp³-hybridized carbons (Fsp3) is 0.333. The molecule has 0 spiro atoms. The van der Waals surface area contributed by atoms with E-state index in [4.69, 9.17) is 10.2 Å². The summed E-state index contributed by atoms with van der Waals surface area (Å²) in [5.74, 6) is -2.51. The topological polar surface area (TPSA) is 91.6 Å². The minimum atomic E-state index is -1.26. The molecule has 0 fully saturated rings. The van der Waals surface area contributed by atoms with Crippen LogP contribution in [0.5, 0.6) is 0 Å². The molecule has 1 aliphatic rings. The van der Waals surface area contributed by atoms with Crippen molar-refractivity contribution in [3.05, 3.63) is 36.2 Å². The molecule has 1 atom stereocenters. The number of carbonyl (C=O) groups is 2. The highest BCUT2D eigenvalue weighted by atomic mass is 16.4. The average molecular weight is 252 g/mol. The zero-order chi connectivity index (χ0) is 13.5. The fourth-order valence-electron chi connectivity index (χ4n) is 1.67. The molecule has 6 heteroatoms. The van der Waals surface area contributed by atoms with Crippen molar-refractivity contribution in [2.75, 3.05) is 6.54 Å². The van der Waals surface area contributed by atoms with Crippen molar-refractivity contribution < 1.29 is 19.8 Å². The Morgan fingerprint density at radius 1 is 1.39 bits per heavy atom. The van der Waals surface area contributed by atoms with Crippen LogP contribution in [0.25, 0.3) is 0 Å². The Morgan fingerprint density at radius 3 is 2.50 bits per heavy atom. The van der Waals surface area contributed by atoms with Gasteiger partial charge in [-0.3, -0.25) is 0 Å². The van der Waals surface area contributed by atoms with Gasteiger partial charge in [0.25, 0.3) is 0 Å². The van der Waals surface area contributed by atoms with E-state index < -0.39 is 11.9 Å². The van der Waals surface area contributed by atoms with Crippen LogP contribution in [0, 0.1) is 0 Å². The Labute approximate surface area is 105 Å². The Balaban J connectivity index is 0.000000187. The van der Waals surface area contributed by atoms with Gasteiger partial charge in [0.05, 0.1) is 0 Å². The molecule has 3 N–H and O–H groups in total. The van der Waals surface area contributed by atoms with Crippen molar-refractivity contribution in [1.29, 1.82) is 0 Å². The summed E-state index contributed by atoms with van der Waals surface area (Å²) in [4.78, 5) is 19.1. The third kappa shape index (κ3) is 4.42. The van der Waals surface area contributed by atoms with E-state index in [1.807, 2.05) is 0 Å². The lowest BCUT2D eigenvalue weighted by molar-refractivity contribution is -0.134. The molecule has 0 radical (unpaired) electrons. The number of aliphatic carboxylic acids is 2. The minimum absolute atomic E-state index is 0.531. The van der Waals surface area contributed by atoms with Crippen LogP contribution in [0.1, 0.15) is 18.7 Å². The van der Waals surface area contributed by atoms with Gasteiger partial charge in [0.15, 0.2) is 0 Å². The standard InChI is InChI=1S/C8H12N2.C4H4O4/c1-7-8-3-2-5-10(8)6-4-9-7;5-3(6)1-2-4(7)8/h2-3,5,7,9H,4,6H2,1H3;1-2H,(H,5,6)(H,7,8). The number of hydrogen-bond donors (Lipinski definition) is 3. The zero-order valence-corrected chi connectivity index (χ0v) is 10.0. The number of rotatable bonds is 2. The molecule has 0 aliphatic carbocycles. The monoisotopic (exact) mass is 252 g/mol. The Bertz CT molecular complexity index is 435. The van der Waals surface area contributed by atoms with E-state index >= 15 is 0 Å². The van der Waals surface area contributed by atoms with E-state index in [0.717, 1.165) is 13.1 Å². The van der Waals surface area contributed by atoms with Crippen LogP contribution in [0.4, 0.5) is 0 Å². The number of nitrogens with one attached hydrogen (secondary N) is 1. The molecule has 0 aromatic carbocycles. The summed E-state index contributed by atoms with van der Waals surface area (Å²) in [6.07, 6.45) is 3.26. The van der Waals surface area contributed by atoms with Crippen molar-refractivity contribution in [2.45, 2.75) is 19.5 Å². The van der Waals surface area contributed by atoms with Gasteiger partial charge in [0.1, 0.15) is 0 Å².